The lowest BCUT2D eigenvalue weighted by atomic mass is 9.99. The second kappa shape index (κ2) is 5.40. The largest absolute Gasteiger partial charge is 0.307 e. The molecule has 0 amide bonds. The molecule has 1 N–H and O–H groups in total. The van der Waals surface area contributed by atoms with Crippen LogP contribution in [0.1, 0.15) is 61.7 Å². The van der Waals surface area contributed by atoms with Gasteiger partial charge in [0.15, 0.2) is 0 Å². The number of nitrogens with zero attached hydrogens (tertiary/aromatic N) is 1. The van der Waals surface area contributed by atoms with Gasteiger partial charge in [0, 0.05) is 23.5 Å². The molecule has 18 heavy (non-hydrogen) atoms. The third-order valence-electron chi connectivity index (χ3n) is 4.20. The average Bonchev–Trinajstić information content (AvgIpc) is 2.62. The molecule has 1 aromatic heterocycles. The zero-order chi connectivity index (χ0) is 13.3. The quantitative estimate of drug-likeness (QED) is 0.876. The van der Waals surface area contributed by atoms with Gasteiger partial charge in [-0.05, 0) is 70.1 Å². The van der Waals surface area contributed by atoms with Gasteiger partial charge in [-0.25, -0.2) is 0 Å². The Balaban J connectivity index is 2.11. The van der Waals surface area contributed by atoms with Crippen LogP contribution in [0.5, 0.6) is 0 Å². The first-order valence-electron chi connectivity index (χ1n) is 7.18. The van der Waals surface area contributed by atoms with E-state index in [0.29, 0.717) is 12.1 Å². The van der Waals surface area contributed by atoms with Gasteiger partial charge in [0.1, 0.15) is 0 Å². The highest BCUT2D eigenvalue weighted by Gasteiger charge is 2.24. The van der Waals surface area contributed by atoms with Crippen LogP contribution in [0.3, 0.4) is 0 Å². The maximum atomic E-state index is 4.60. The van der Waals surface area contributed by atoms with Crippen molar-refractivity contribution in [2.75, 3.05) is 0 Å². The molecule has 0 radical (unpaired) electrons. The second-order valence-corrected chi connectivity index (χ2v) is 6.08. The van der Waals surface area contributed by atoms with Crippen molar-refractivity contribution in [1.82, 2.24) is 10.3 Å². The molecule has 1 fully saturated rings. The fourth-order valence-corrected chi connectivity index (χ4v) is 3.48. The Bertz CT molecular complexity index is 402. The summed E-state index contributed by atoms with van der Waals surface area (Å²) in [5, 5.41) is 3.79. The molecule has 1 saturated carbocycles. The van der Waals surface area contributed by atoms with E-state index in [4.69, 9.17) is 0 Å². The zero-order valence-electron chi connectivity index (χ0n) is 12.4. The van der Waals surface area contributed by atoms with Crippen LogP contribution >= 0.6 is 0 Å². The van der Waals surface area contributed by atoms with Crippen molar-refractivity contribution in [2.45, 2.75) is 66.0 Å². The summed E-state index contributed by atoms with van der Waals surface area (Å²) in [6.45, 7) is 11.0. The SMILES string of the molecule is Cc1cc(C)c(C(C)NC2CCC(C)C2)c(C)n1. The van der Waals surface area contributed by atoms with Gasteiger partial charge in [-0.3, -0.25) is 4.98 Å². The van der Waals surface area contributed by atoms with E-state index in [0.717, 1.165) is 11.6 Å². The summed E-state index contributed by atoms with van der Waals surface area (Å²) in [5.41, 5.74) is 5.06. The normalized spacial score (nSPS) is 25.4. The zero-order valence-corrected chi connectivity index (χ0v) is 12.4. The van der Waals surface area contributed by atoms with Crippen LogP contribution in [-0.4, -0.2) is 11.0 Å². The Hall–Kier alpha value is -0.890. The van der Waals surface area contributed by atoms with Crippen molar-refractivity contribution >= 4 is 0 Å². The van der Waals surface area contributed by atoms with E-state index in [2.05, 4.69) is 51.0 Å². The summed E-state index contributed by atoms with van der Waals surface area (Å²) in [7, 11) is 0. The lowest BCUT2D eigenvalue weighted by Crippen LogP contribution is -2.30. The van der Waals surface area contributed by atoms with Gasteiger partial charge in [-0.1, -0.05) is 6.92 Å². The van der Waals surface area contributed by atoms with Gasteiger partial charge < -0.3 is 5.32 Å². The molecule has 0 aliphatic heterocycles. The van der Waals surface area contributed by atoms with Crippen molar-refractivity contribution in [3.8, 4) is 0 Å². The molecule has 3 unspecified atom stereocenters. The molecule has 0 saturated heterocycles. The molecule has 1 aromatic rings. The Morgan fingerprint density at radius 2 is 2.00 bits per heavy atom. The summed E-state index contributed by atoms with van der Waals surface area (Å²) in [5.74, 6) is 0.882. The minimum atomic E-state index is 0.411. The fourth-order valence-electron chi connectivity index (χ4n) is 3.48. The van der Waals surface area contributed by atoms with E-state index in [1.54, 1.807) is 0 Å². The molecule has 0 bridgehead atoms. The molecule has 1 heterocycles. The molecule has 1 aliphatic rings. The highest BCUT2D eigenvalue weighted by molar-refractivity contribution is 5.33. The van der Waals surface area contributed by atoms with Crippen LogP contribution in [0.15, 0.2) is 6.07 Å². The summed E-state index contributed by atoms with van der Waals surface area (Å²) in [6, 6.07) is 3.29. The molecule has 100 valence electrons. The van der Waals surface area contributed by atoms with Crippen molar-refractivity contribution in [3.63, 3.8) is 0 Å². The Labute approximate surface area is 111 Å². The Kier molecular flexibility index (Phi) is 4.06. The average molecular weight is 246 g/mol. The van der Waals surface area contributed by atoms with Gasteiger partial charge in [0.05, 0.1) is 0 Å². The smallest absolute Gasteiger partial charge is 0.0426 e. The number of hydrogen-bond donors (Lipinski definition) is 1. The number of hydrogen-bond acceptors (Lipinski definition) is 2. The van der Waals surface area contributed by atoms with Crippen molar-refractivity contribution in [3.05, 3.63) is 28.6 Å². The van der Waals surface area contributed by atoms with Crippen LogP contribution in [0.2, 0.25) is 0 Å². The van der Waals surface area contributed by atoms with Gasteiger partial charge in [-0.2, -0.15) is 0 Å². The molecule has 2 nitrogen and oxygen atoms in total. The van der Waals surface area contributed by atoms with Gasteiger partial charge in [0.2, 0.25) is 0 Å². The molecule has 3 atom stereocenters. The number of aryl methyl sites for hydroxylation is 3. The van der Waals surface area contributed by atoms with Gasteiger partial charge >= 0.3 is 0 Å². The standard InChI is InChI=1S/C16H26N2/c1-10-6-7-15(8-10)18-14(5)16-11(2)9-12(3)17-13(16)4/h9-10,14-15,18H,6-8H2,1-5H3. The van der Waals surface area contributed by atoms with Crippen molar-refractivity contribution < 1.29 is 0 Å². The predicted octanol–water partition coefficient (Wildman–Crippen LogP) is 3.85. The predicted molar refractivity (Wildman–Crippen MR) is 76.8 cm³/mol. The van der Waals surface area contributed by atoms with Crippen LogP contribution in [0.25, 0.3) is 0 Å². The minimum Gasteiger partial charge on any atom is -0.307 e. The second-order valence-electron chi connectivity index (χ2n) is 6.08. The van der Waals surface area contributed by atoms with Crippen molar-refractivity contribution in [2.24, 2.45) is 5.92 Å². The Morgan fingerprint density at radius 1 is 1.28 bits per heavy atom. The summed E-state index contributed by atoms with van der Waals surface area (Å²) < 4.78 is 0. The molecular weight excluding hydrogens is 220 g/mol. The minimum absolute atomic E-state index is 0.411. The lowest BCUT2D eigenvalue weighted by molar-refractivity contribution is 0.446. The number of pyridine rings is 1. The third kappa shape index (κ3) is 2.92. The summed E-state index contributed by atoms with van der Waals surface area (Å²) in [4.78, 5) is 4.60. The van der Waals surface area contributed by atoms with E-state index in [1.807, 2.05) is 0 Å². The van der Waals surface area contributed by atoms with Crippen LogP contribution in [0.4, 0.5) is 0 Å². The van der Waals surface area contributed by atoms with Crippen LogP contribution in [0, 0.1) is 26.7 Å². The maximum absolute atomic E-state index is 4.60. The number of nitrogens with one attached hydrogen (secondary N) is 1. The van der Waals surface area contributed by atoms with Gasteiger partial charge in [0.25, 0.3) is 0 Å². The summed E-state index contributed by atoms with van der Waals surface area (Å²) >= 11 is 0. The third-order valence-corrected chi connectivity index (χ3v) is 4.20. The van der Waals surface area contributed by atoms with E-state index in [-0.39, 0.29) is 0 Å². The van der Waals surface area contributed by atoms with E-state index in [9.17, 15) is 0 Å². The topological polar surface area (TPSA) is 24.9 Å². The maximum Gasteiger partial charge on any atom is 0.0426 e. The first kappa shape index (κ1) is 13.5. The molecule has 0 spiro atoms. The van der Waals surface area contributed by atoms with Crippen molar-refractivity contribution in [1.29, 1.82) is 0 Å². The first-order valence-corrected chi connectivity index (χ1v) is 7.18. The molecule has 1 aliphatic carbocycles. The van der Waals surface area contributed by atoms with Gasteiger partial charge in [-0.15, -0.1) is 0 Å². The molecule has 0 aromatic carbocycles. The lowest BCUT2D eigenvalue weighted by Gasteiger charge is -2.23. The summed E-state index contributed by atoms with van der Waals surface area (Å²) in [6.07, 6.45) is 4.01. The molecule has 2 rings (SSSR count). The fraction of sp³-hybridized carbons (Fsp3) is 0.688. The van der Waals surface area contributed by atoms with E-state index >= 15 is 0 Å². The highest BCUT2D eigenvalue weighted by Crippen LogP contribution is 2.28. The molecular formula is C16H26N2. The highest BCUT2D eigenvalue weighted by atomic mass is 15.0. The van der Waals surface area contributed by atoms with Crippen LogP contribution in [-0.2, 0) is 0 Å². The Morgan fingerprint density at radius 3 is 2.56 bits per heavy atom. The number of rotatable bonds is 3. The molecule has 2 heteroatoms. The van der Waals surface area contributed by atoms with E-state index in [1.165, 1.54) is 36.1 Å². The first-order chi connectivity index (χ1) is 8.47. The monoisotopic (exact) mass is 246 g/mol. The van der Waals surface area contributed by atoms with E-state index < -0.39 is 0 Å². The number of aromatic nitrogens is 1. The van der Waals surface area contributed by atoms with Crippen LogP contribution < -0.4 is 5.32 Å².